The Balaban J connectivity index is 2.64. The number of nitrogens with one attached hydrogen (secondary N) is 1. The number of halogens is 1. The second-order valence-electron chi connectivity index (χ2n) is 4.37. The van der Waals surface area contributed by atoms with Gasteiger partial charge in [0.25, 0.3) is 5.56 Å². The summed E-state index contributed by atoms with van der Waals surface area (Å²) >= 11 is 3.30. The van der Waals surface area contributed by atoms with Crippen molar-refractivity contribution in [3.63, 3.8) is 0 Å². The summed E-state index contributed by atoms with van der Waals surface area (Å²) in [5, 5.41) is 9.15. The molecular weight excluding hydrogens is 336 g/mol. The van der Waals surface area contributed by atoms with Crippen LogP contribution in [0.5, 0.6) is 0 Å². The average Bonchev–Trinajstić information content (AvgIpc) is 2.45. The standard InChI is InChI=1S/C15H11BrN2O3/c1-8-5-11(12(7-17)14(19)18-8)9-3-4-10(13(16)6-9)15(20)21-2/h3-6H,1-2H3,(H,18,19). The van der Waals surface area contributed by atoms with Crippen LogP contribution in [0.1, 0.15) is 21.6 Å². The van der Waals surface area contributed by atoms with Gasteiger partial charge in [-0.05, 0) is 46.6 Å². The number of aromatic nitrogens is 1. The van der Waals surface area contributed by atoms with Crippen molar-refractivity contribution >= 4 is 21.9 Å². The van der Waals surface area contributed by atoms with Gasteiger partial charge in [0.15, 0.2) is 0 Å². The molecule has 0 bridgehead atoms. The fourth-order valence-corrected chi connectivity index (χ4v) is 2.53. The molecule has 2 aromatic rings. The molecule has 0 spiro atoms. The van der Waals surface area contributed by atoms with E-state index in [9.17, 15) is 9.59 Å². The van der Waals surface area contributed by atoms with Crippen LogP contribution in [0.3, 0.4) is 0 Å². The lowest BCUT2D eigenvalue weighted by atomic mass is 10.00. The number of aromatic amines is 1. The van der Waals surface area contributed by atoms with Crippen molar-refractivity contribution in [2.45, 2.75) is 6.92 Å². The number of carbonyl (C=O) groups excluding carboxylic acids is 1. The van der Waals surface area contributed by atoms with Crippen molar-refractivity contribution in [3.05, 3.63) is 55.9 Å². The molecular formula is C15H11BrN2O3. The van der Waals surface area contributed by atoms with Gasteiger partial charge in [0, 0.05) is 15.7 Å². The highest BCUT2D eigenvalue weighted by Gasteiger charge is 2.14. The molecule has 1 N–H and O–H groups in total. The molecule has 106 valence electrons. The predicted molar refractivity (Wildman–Crippen MR) is 81.0 cm³/mol. The average molecular weight is 347 g/mol. The Hall–Kier alpha value is -2.39. The molecule has 1 heterocycles. The lowest BCUT2D eigenvalue weighted by Crippen LogP contribution is -2.12. The molecule has 0 aliphatic rings. The normalized spacial score (nSPS) is 10.0. The van der Waals surface area contributed by atoms with E-state index in [0.29, 0.717) is 26.9 Å². The smallest absolute Gasteiger partial charge is 0.339 e. The van der Waals surface area contributed by atoms with Crippen LogP contribution in [0.15, 0.2) is 33.5 Å². The van der Waals surface area contributed by atoms with Crippen LogP contribution in [0, 0.1) is 18.3 Å². The number of hydrogen-bond donors (Lipinski definition) is 1. The number of benzene rings is 1. The number of pyridine rings is 1. The molecule has 0 fully saturated rings. The molecule has 0 amide bonds. The number of nitrogens with zero attached hydrogens (tertiary/aromatic N) is 1. The van der Waals surface area contributed by atoms with E-state index in [-0.39, 0.29) is 5.56 Å². The Morgan fingerprint density at radius 2 is 2.10 bits per heavy atom. The topological polar surface area (TPSA) is 83.0 Å². The third-order valence-electron chi connectivity index (χ3n) is 2.97. The van der Waals surface area contributed by atoms with E-state index in [1.54, 1.807) is 31.2 Å². The molecule has 5 nitrogen and oxygen atoms in total. The highest BCUT2D eigenvalue weighted by Crippen LogP contribution is 2.27. The van der Waals surface area contributed by atoms with Crippen LogP contribution >= 0.6 is 15.9 Å². The van der Waals surface area contributed by atoms with E-state index >= 15 is 0 Å². The Labute approximate surface area is 129 Å². The van der Waals surface area contributed by atoms with Crippen molar-refractivity contribution in [3.8, 4) is 17.2 Å². The number of H-pyrrole nitrogens is 1. The summed E-state index contributed by atoms with van der Waals surface area (Å²) in [4.78, 5) is 26.0. The highest BCUT2D eigenvalue weighted by molar-refractivity contribution is 9.10. The molecule has 6 heteroatoms. The minimum Gasteiger partial charge on any atom is -0.465 e. The van der Waals surface area contributed by atoms with Gasteiger partial charge in [0.1, 0.15) is 11.6 Å². The molecule has 21 heavy (non-hydrogen) atoms. The minimum absolute atomic E-state index is 0.0401. The van der Waals surface area contributed by atoms with Gasteiger partial charge in [-0.2, -0.15) is 5.26 Å². The Morgan fingerprint density at radius 3 is 2.67 bits per heavy atom. The first-order valence-corrected chi connectivity index (χ1v) is 6.79. The first-order valence-electron chi connectivity index (χ1n) is 6.00. The van der Waals surface area contributed by atoms with Gasteiger partial charge in [-0.1, -0.05) is 6.07 Å². The minimum atomic E-state index is -0.462. The number of aryl methyl sites for hydroxylation is 1. The highest BCUT2D eigenvalue weighted by atomic mass is 79.9. The molecule has 1 aromatic carbocycles. The zero-order valence-electron chi connectivity index (χ0n) is 11.4. The summed E-state index contributed by atoms with van der Waals surface area (Å²) in [6.45, 7) is 1.74. The first-order chi connectivity index (χ1) is 9.97. The fraction of sp³-hybridized carbons (Fsp3) is 0.133. The fourth-order valence-electron chi connectivity index (χ4n) is 1.99. The van der Waals surface area contributed by atoms with Gasteiger partial charge in [-0.3, -0.25) is 4.79 Å². The summed E-state index contributed by atoms with van der Waals surface area (Å²) in [6.07, 6.45) is 0. The summed E-state index contributed by atoms with van der Waals surface area (Å²) < 4.78 is 5.21. The molecule has 0 atom stereocenters. The number of ether oxygens (including phenoxy) is 1. The maximum Gasteiger partial charge on any atom is 0.339 e. The third kappa shape index (κ3) is 2.88. The van der Waals surface area contributed by atoms with Crippen molar-refractivity contribution in [1.82, 2.24) is 4.98 Å². The lowest BCUT2D eigenvalue weighted by Gasteiger charge is -2.08. The van der Waals surface area contributed by atoms with E-state index in [2.05, 4.69) is 25.7 Å². The molecule has 0 aliphatic carbocycles. The summed E-state index contributed by atoms with van der Waals surface area (Å²) in [7, 11) is 1.30. The van der Waals surface area contributed by atoms with Crippen molar-refractivity contribution < 1.29 is 9.53 Å². The van der Waals surface area contributed by atoms with Crippen molar-refractivity contribution in [2.24, 2.45) is 0 Å². The van der Waals surface area contributed by atoms with Gasteiger partial charge >= 0.3 is 5.97 Å². The van der Waals surface area contributed by atoms with E-state index in [1.807, 2.05) is 6.07 Å². The number of esters is 1. The van der Waals surface area contributed by atoms with Crippen LogP contribution in [0.25, 0.3) is 11.1 Å². The van der Waals surface area contributed by atoms with E-state index < -0.39 is 11.5 Å². The molecule has 1 aromatic heterocycles. The predicted octanol–water partition coefficient (Wildman–Crippen LogP) is 2.77. The second kappa shape index (κ2) is 5.94. The maximum atomic E-state index is 11.8. The van der Waals surface area contributed by atoms with Gasteiger partial charge in [0.05, 0.1) is 12.7 Å². The van der Waals surface area contributed by atoms with Crippen LogP contribution in [0.4, 0.5) is 0 Å². The number of nitriles is 1. The van der Waals surface area contributed by atoms with Crippen LogP contribution in [0.2, 0.25) is 0 Å². The number of methoxy groups -OCH3 is 1. The van der Waals surface area contributed by atoms with Crippen molar-refractivity contribution in [2.75, 3.05) is 7.11 Å². The van der Waals surface area contributed by atoms with Crippen LogP contribution in [-0.2, 0) is 4.74 Å². The molecule has 0 radical (unpaired) electrons. The van der Waals surface area contributed by atoms with E-state index in [0.717, 1.165) is 0 Å². The molecule has 0 saturated carbocycles. The summed E-state index contributed by atoms with van der Waals surface area (Å²) in [5.41, 5.74) is 1.83. The van der Waals surface area contributed by atoms with Gasteiger partial charge < -0.3 is 9.72 Å². The molecule has 0 unspecified atom stereocenters. The third-order valence-corrected chi connectivity index (χ3v) is 3.62. The number of hydrogen-bond acceptors (Lipinski definition) is 4. The quantitative estimate of drug-likeness (QED) is 0.847. The van der Waals surface area contributed by atoms with E-state index in [1.165, 1.54) is 7.11 Å². The zero-order chi connectivity index (χ0) is 15.6. The zero-order valence-corrected chi connectivity index (χ0v) is 12.9. The van der Waals surface area contributed by atoms with Crippen LogP contribution in [-0.4, -0.2) is 18.1 Å². The first kappa shape index (κ1) is 15.0. The Bertz CT molecular complexity index is 819. The monoisotopic (exact) mass is 346 g/mol. The molecule has 2 rings (SSSR count). The van der Waals surface area contributed by atoms with E-state index in [4.69, 9.17) is 5.26 Å². The number of rotatable bonds is 2. The second-order valence-corrected chi connectivity index (χ2v) is 5.22. The molecule has 0 aliphatic heterocycles. The SMILES string of the molecule is COC(=O)c1ccc(-c2cc(C)[nH]c(=O)c2C#N)cc1Br. The Kier molecular flexibility index (Phi) is 4.24. The largest absolute Gasteiger partial charge is 0.465 e. The van der Waals surface area contributed by atoms with Gasteiger partial charge in [-0.25, -0.2) is 4.79 Å². The van der Waals surface area contributed by atoms with Gasteiger partial charge in [0.2, 0.25) is 0 Å². The Morgan fingerprint density at radius 1 is 1.38 bits per heavy atom. The lowest BCUT2D eigenvalue weighted by molar-refractivity contribution is 0.0599. The summed E-state index contributed by atoms with van der Waals surface area (Å²) in [6, 6.07) is 8.57. The molecule has 0 saturated heterocycles. The van der Waals surface area contributed by atoms with Crippen molar-refractivity contribution in [1.29, 1.82) is 5.26 Å². The number of carbonyl (C=O) groups is 1. The van der Waals surface area contributed by atoms with Gasteiger partial charge in [-0.15, -0.1) is 0 Å². The maximum absolute atomic E-state index is 11.8. The van der Waals surface area contributed by atoms with Crippen LogP contribution < -0.4 is 5.56 Å². The summed E-state index contributed by atoms with van der Waals surface area (Å²) in [5.74, 6) is -0.462.